The molecule has 2 fully saturated rings. The molecule has 1 saturated heterocycles. The average Bonchev–Trinajstić information content (AvgIpc) is 3.57. The molecule has 3 aromatic heterocycles. The summed E-state index contributed by atoms with van der Waals surface area (Å²) in [6.07, 6.45) is 6.08. The minimum Gasteiger partial charge on any atom is -0.356 e. The lowest BCUT2D eigenvalue weighted by Gasteiger charge is -2.18. The van der Waals surface area contributed by atoms with Gasteiger partial charge < -0.3 is 10.2 Å². The standard InChI is InChI=1S/C29H32N8O4/c1-16(11-32-26-19(4)28(40)37(13-17(2)38)29(41)35(26)5)18(3)27(39)34-23-8-9-30-25(33-23)20-6-7-24(31-12-20)36-14-21-10-22(21)15-36/h6-9,11-12,21-22H,10,13-15H2,1-5H3,(H,30,33,34,39)/b18-16-,32-11?. The van der Waals surface area contributed by atoms with Crippen LogP contribution in [0.1, 0.15) is 32.8 Å². The SMILES string of the molecule is CC(=O)Cn1c(=O)c(C)c(N=C/C(C)=C(/C)C(=O)Nc2ccnc(-c3ccc(N4CC5CC5C4)nc3)n2)n(C)c1=O. The number of nitrogens with zero attached hydrogens (tertiary/aromatic N) is 7. The van der Waals surface area contributed by atoms with Gasteiger partial charge in [-0.2, -0.15) is 0 Å². The number of piperidine rings is 1. The second kappa shape index (κ2) is 11.0. The quantitative estimate of drug-likeness (QED) is 0.329. The Morgan fingerprint density at radius 1 is 1.10 bits per heavy atom. The van der Waals surface area contributed by atoms with Crippen molar-refractivity contribution in [3.05, 3.63) is 68.1 Å². The number of hydrogen-bond acceptors (Lipinski definition) is 9. The first kappa shape index (κ1) is 27.8. The van der Waals surface area contributed by atoms with Crippen LogP contribution in [0.5, 0.6) is 0 Å². The van der Waals surface area contributed by atoms with Gasteiger partial charge in [-0.1, -0.05) is 0 Å². The van der Waals surface area contributed by atoms with Crippen molar-refractivity contribution in [3.8, 4) is 11.4 Å². The van der Waals surface area contributed by atoms with Crippen molar-refractivity contribution in [2.24, 2.45) is 23.9 Å². The van der Waals surface area contributed by atoms with E-state index in [0.29, 0.717) is 22.8 Å². The van der Waals surface area contributed by atoms with Gasteiger partial charge in [-0.25, -0.2) is 24.7 Å². The van der Waals surface area contributed by atoms with Crippen LogP contribution < -0.4 is 21.5 Å². The highest BCUT2D eigenvalue weighted by molar-refractivity contribution is 6.06. The van der Waals surface area contributed by atoms with Gasteiger partial charge in [-0.15, -0.1) is 0 Å². The highest BCUT2D eigenvalue weighted by Gasteiger charge is 2.45. The van der Waals surface area contributed by atoms with Crippen molar-refractivity contribution in [2.75, 3.05) is 23.3 Å². The van der Waals surface area contributed by atoms with Gasteiger partial charge in [0.2, 0.25) is 0 Å². The molecule has 3 aromatic rings. The topological polar surface area (TPSA) is 144 Å². The summed E-state index contributed by atoms with van der Waals surface area (Å²) in [7, 11) is 1.47. The summed E-state index contributed by atoms with van der Waals surface area (Å²) in [4.78, 5) is 69.7. The molecule has 0 radical (unpaired) electrons. The number of allylic oxidation sites excluding steroid dienone is 1. The summed E-state index contributed by atoms with van der Waals surface area (Å²) in [5.41, 5.74) is 0.634. The number of aromatic nitrogens is 5. The Kier molecular flexibility index (Phi) is 7.48. The molecular weight excluding hydrogens is 524 g/mol. The lowest BCUT2D eigenvalue weighted by Crippen LogP contribution is -2.41. The molecule has 12 heteroatoms. The number of nitrogens with one attached hydrogen (secondary N) is 1. The number of carbonyl (C=O) groups is 2. The molecule has 1 amide bonds. The molecule has 2 unspecified atom stereocenters. The molecule has 1 aliphatic heterocycles. The van der Waals surface area contributed by atoms with Crippen LogP contribution >= 0.6 is 0 Å². The number of ketones is 1. The van der Waals surface area contributed by atoms with Crippen LogP contribution in [0.3, 0.4) is 0 Å². The van der Waals surface area contributed by atoms with E-state index >= 15 is 0 Å². The van der Waals surface area contributed by atoms with Gasteiger partial charge in [0.25, 0.3) is 11.5 Å². The monoisotopic (exact) mass is 556 g/mol. The zero-order chi connectivity index (χ0) is 29.4. The fourth-order valence-electron chi connectivity index (χ4n) is 4.96. The molecule has 41 heavy (non-hydrogen) atoms. The highest BCUT2D eigenvalue weighted by atomic mass is 16.2. The number of carbonyl (C=O) groups excluding carboxylic acids is 2. The molecular formula is C29H32N8O4. The van der Waals surface area contributed by atoms with Crippen molar-refractivity contribution in [1.29, 1.82) is 0 Å². The third kappa shape index (κ3) is 5.76. The predicted octanol–water partition coefficient (Wildman–Crippen LogP) is 2.43. The van der Waals surface area contributed by atoms with Crippen LogP contribution in [-0.2, 0) is 23.2 Å². The van der Waals surface area contributed by atoms with Crippen molar-refractivity contribution in [3.63, 3.8) is 0 Å². The van der Waals surface area contributed by atoms with Gasteiger partial charge >= 0.3 is 5.69 Å². The smallest absolute Gasteiger partial charge is 0.332 e. The van der Waals surface area contributed by atoms with Crippen LogP contribution in [0.2, 0.25) is 0 Å². The molecule has 1 N–H and O–H groups in total. The van der Waals surface area contributed by atoms with Crippen molar-refractivity contribution < 1.29 is 9.59 Å². The number of rotatable bonds is 8. The van der Waals surface area contributed by atoms with E-state index in [9.17, 15) is 19.2 Å². The van der Waals surface area contributed by atoms with Crippen LogP contribution in [0.25, 0.3) is 11.4 Å². The summed E-state index contributed by atoms with van der Waals surface area (Å²) in [5, 5.41) is 2.78. The maximum Gasteiger partial charge on any atom is 0.332 e. The second-order valence-corrected chi connectivity index (χ2v) is 10.7. The van der Waals surface area contributed by atoms with Gasteiger partial charge in [-0.3, -0.25) is 23.5 Å². The number of anilines is 2. The summed E-state index contributed by atoms with van der Waals surface area (Å²) >= 11 is 0. The maximum absolute atomic E-state index is 13.0. The number of fused-ring (bicyclic) bond motifs is 1. The molecule has 2 atom stereocenters. The van der Waals surface area contributed by atoms with E-state index in [2.05, 4.69) is 30.2 Å². The Morgan fingerprint density at radius 3 is 2.49 bits per heavy atom. The number of Topliss-reactive ketones (excluding diaryl/α,β-unsaturated/α-hetero) is 1. The van der Waals surface area contributed by atoms with Crippen molar-refractivity contribution in [1.82, 2.24) is 24.1 Å². The fraction of sp³-hybridized carbons (Fsp3) is 0.379. The zero-order valence-corrected chi connectivity index (χ0v) is 23.7. The molecule has 1 saturated carbocycles. The lowest BCUT2D eigenvalue weighted by molar-refractivity contribution is -0.117. The molecule has 2 aliphatic rings. The van der Waals surface area contributed by atoms with Gasteiger partial charge in [0, 0.05) is 49.9 Å². The highest BCUT2D eigenvalue weighted by Crippen LogP contribution is 2.45. The molecule has 0 bridgehead atoms. The van der Waals surface area contributed by atoms with E-state index in [1.54, 1.807) is 32.3 Å². The van der Waals surface area contributed by atoms with E-state index < -0.39 is 11.2 Å². The van der Waals surface area contributed by atoms with Crippen LogP contribution in [0.4, 0.5) is 17.5 Å². The van der Waals surface area contributed by atoms with Gasteiger partial charge in [0.1, 0.15) is 23.2 Å². The number of amides is 1. The molecule has 0 spiro atoms. The Bertz CT molecular complexity index is 1670. The third-order valence-electron chi connectivity index (χ3n) is 7.64. The average molecular weight is 557 g/mol. The first-order valence-electron chi connectivity index (χ1n) is 13.4. The van der Waals surface area contributed by atoms with Gasteiger partial charge in [0.15, 0.2) is 5.82 Å². The summed E-state index contributed by atoms with van der Waals surface area (Å²) in [6, 6.07) is 5.52. The molecule has 212 valence electrons. The van der Waals surface area contributed by atoms with Crippen molar-refractivity contribution in [2.45, 2.75) is 40.7 Å². The molecule has 0 aromatic carbocycles. The number of aliphatic imine (C=N–C) groups is 1. The van der Waals surface area contributed by atoms with E-state index in [1.165, 1.54) is 38.1 Å². The van der Waals surface area contributed by atoms with E-state index in [-0.39, 0.29) is 29.6 Å². The zero-order valence-electron chi connectivity index (χ0n) is 23.7. The normalized spacial score (nSPS) is 18.3. The second-order valence-electron chi connectivity index (χ2n) is 10.7. The largest absolute Gasteiger partial charge is 0.356 e. The molecule has 4 heterocycles. The van der Waals surface area contributed by atoms with E-state index in [4.69, 9.17) is 0 Å². The minimum atomic E-state index is -0.643. The summed E-state index contributed by atoms with van der Waals surface area (Å²) < 4.78 is 2.09. The first-order valence-corrected chi connectivity index (χ1v) is 13.4. The Hall–Kier alpha value is -4.74. The first-order chi connectivity index (χ1) is 19.5. The van der Waals surface area contributed by atoms with Gasteiger partial charge in [0.05, 0.1) is 12.1 Å². The van der Waals surface area contributed by atoms with Crippen LogP contribution in [0, 0.1) is 18.8 Å². The summed E-state index contributed by atoms with van der Waals surface area (Å²) in [6.45, 7) is 8.01. The molecule has 1 aliphatic carbocycles. The van der Waals surface area contributed by atoms with Crippen LogP contribution in [-0.4, -0.2) is 55.1 Å². The Balaban J connectivity index is 1.29. The maximum atomic E-state index is 13.0. The molecule has 5 rings (SSSR count). The van der Waals surface area contributed by atoms with Gasteiger partial charge in [-0.05, 0) is 69.7 Å². The predicted molar refractivity (Wildman–Crippen MR) is 156 cm³/mol. The summed E-state index contributed by atoms with van der Waals surface area (Å²) in [5.74, 6) is 2.83. The number of pyridine rings is 1. The van der Waals surface area contributed by atoms with Crippen molar-refractivity contribution >= 4 is 35.4 Å². The van der Waals surface area contributed by atoms with E-state index in [0.717, 1.165) is 40.9 Å². The fourth-order valence-corrected chi connectivity index (χ4v) is 4.96. The minimum absolute atomic E-state index is 0.147. The third-order valence-corrected chi connectivity index (χ3v) is 7.64. The number of hydrogen-bond donors (Lipinski definition) is 1. The van der Waals surface area contributed by atoms with Crippen LogP contribution in [0.15, 0.2) is 56.3 Å². The Morgan fingerprint density at radius 2 is 1.83 bits per heavy atom. The molecule has 12 nitrogen and oxygen atoms in total. The Labute approximate surface area is 236 Å². The lowest BCUT2D eigenvalue weighted by atomic mass is 10.1. The van der Waals surface area contributed by atoms with E-state index in [1.807, 2.05) is 12.1 Å².